The highest BCUT2D eigenvalue weighted by molar-refractivity contribution is 6.30. The average molecular weight is 471 g/mol. The number of fused-ring (bicyclic) bond motifs is 1. The Morgan fingerprint density at radius 3 is 2.44 bits per heavy atom. The third kappa shape index (κ3) is 5.41. The Bertz CT molecular complexity index is 1340. The van der Waals surface area contributed by atoms with Gasteiger partial charge in [0.15, 0.2) is 0 Å². The molecule has 0 bridgehead atoms. The fourth-order valence-electron chi connectivity index (χ4n) is 4.49. The summed E-state index contributed by atoms with van der Waals surface area (Å²) in [5.74, 6) is 0. The van der Waals surface area contributed by atoms with E-state index >= 15 is 0 Å². The Morgan fingerprint density at radius 1 is 0.941 bits per heavy atom. The van der Waals surface area contributed by atoms with Gasteiger partial charge in [-0.3, -0.25) is 4.90 Å². The zero-order chi connectivity index (χ0) is 23.3. The first kappa shape index (κ1) is 22.5. The number of benzene rings is 3. The van der Waals surface area contributed by atoms with Crippen molar-refractivity contribution in [1.82, 2.24) is 4.90 Å². The number of piperidine rings is 1. The number of nitrogens with zero attached hydrogens (tertiary/aromatic N) is 1. The predicted octanol–water partition coefficient (Wildman–Crippen LogP) is 6.70. The van der Waals surface area contributed by atoms with Gasteiger partial charge >= 0.3 is 5.63 Å². The molecule has 5 rings (SSSR count). The highest BCUT2D eigenvalue weighted by Crippen LogP contribution is 2.30. The molecule has 4 nitrogen and oxygen atoms in total. The molecule has 34 heavy (non-hydrogen) atoms. The number of hydrogen-bond donors (Lipinski definition) is 1. The summed E-state index contributed by atoms with van der Waals surface area (Å²) in [5, 5.41) is 5.25. The molecule has 2 heterocycles. The molecule has 0 amide bonds. The molecule has 172 valence electrons. The van der Waals surface area contributed by atoms with Crippen molar-refractivity contribution in [3.8, 4) is 11.1 Å². The number of nitrogens with one attached hydrogen (secondary N) is 1. The summed E-state index contributed by atoms with van der Waals surface area (Å²) in [5.41, 5.74) is 4.45. The Hall–Kier alpha value is -3.34. The summed E-state index contributed by atoms with van der Waals surface area (Å²) in [6, 6.07) is 26.0. The van der Waals surface area contributed by atoms with Gasteiger partial charge in [0.2, 0.25) is 0 Å². The van der Waals surface area contributed by atoms with E-state index in [0.717, 1.165) is 54.7 Å². The van der Waals surface area contributed by atoms with Gasteiger partial charge in [0, 0.05) is 42.2 Å². The summed E-state index contributed by atoms with van der Waals surface area (Å²) in [7, 11) is 0. The lowest BCUT2D eigenvalue weighted by molar-refractivity contribution is 0.240. The van der Waals surface area contributed by atoms with Gasteiger partial charge in [-0.1, -0.05) is 72.3 Å². The smallest absolute Gasteiger partial charge is 0.338 e. The van der Waals surface area contributed by atoms with Gasteiger partial charge < -0.3 is 9.73 Å². The molecule has 1 saturated heterocycles. The monoisotopic (exact) mass is 470 g/mol. The largest absolute Gasteiger partial charge is 0.423 e. The topological polar surface area (TPSA) is 45.5 Å². The minimum atomic E-state index is -0.335. The van der Waals surface area contributed by atoms with Crippen molar-refractivity contribution in [3.63, 3.8) is 0 Å². The first-order chi connectivity index (χ1) is 16.6. The molecular formula is C29H27ClN2O2. The van der Waals surface area contributed by atoms with Crippen LogP contribution in [0.2, 0.25) is 5.02 Å². The minimum absolute atomic E-state index is 0.318. The van der Waals surface area contributed by atoms with Crippen LogP contribution < -0.4 is 10.9 Å². The Labute approximate surface area is 204 Å². The molecular weight excluding hydrogens is 444 g/mol. The highest BCUT2D eigenvalue weighted by atomic mass is 35.5. The molecule has 1 aromatic heterocycles. The minimum Gasteiger partial charge on any atom is -0.423 e. The van der Waals surface area contributed by atoms with Gasteiger partial charge in [-0.15, -0.1) is 0 Å². The SMILES string of the molecule is O=c1cc(NC2CCN(CC=Cc3ccccc3)CC2)c2cc(-c3ccc(Cl)cc3)ccc2o1. The summed E-state index contributed by atoms with van der Waals surface area (Å²) in [6.45, 7) is 2.99. The molecule has 0 atom stereocenters. The quantitative estimate of drug-likeness (QED) is 0.318. The van der Waals surface area contributed by atoms with Crippen LogP contribution in [0, 0.1) is 0 Å². The van der Waals surface area contributed by atoms with Crippen LogP contribution in [0.25, 0.3) is 28.2 Å². The summed E-state index contributed by atoms with van der Waals surface area (Å²) in [4.78, 5) is 14.7. The maximum absolute atomic E-state index is 12.2. The zero-order valence-corrected chi connectivity index (χ0v) is 19.7. The van der Waals surface area contributed by atoms with Crippen LogP contribution in [0.3, 0.4) is 0 Å². The van der Waals surface area contributed by atoms with Crippen LogP contribution in [0.4, 0.5) is 5.69 Å². The molecule has 1 aliphatic rings. The third-order valence-electron chi connectivity index (χ3n) is 6.34. The molecule has 5 heteroatoms. The van der Waals surface area contributed by atoms with Crippen molar-refractivity contribution in [1.29, 1.82) is 0 Å². The number of anilines is 1. The average Bonchev–Trinajstić information content (AvgIpc) is 2.86. The van der Waals surface area contributed by atoms with Crippen molar-refractivity contribution >= 4 is 34.3 Å². The molecule has 0 radical (unpaired) electrons. The normalized spacial score (nSPS) is 15.2. The highest BCUT2D eigenvalue weighted by Gasteiger charge is 2.19. The van der Waals surface area contributed by atoms with Gasteiger partial charge in [-0.25, -0.2) is 4.79 Å². The number of likely N-dealkylation sites (tertiary alicyclic amines) is 1. The predicted molar refractivity (Wildman–Crippen MR) is 141 cm³/mol. The lowest BCUT2D eigenvalue weighted by Crippen LogP contribution is -2.39. The van der Waals surface area contributed by atoms with Crippen molar-refractivity contribution in [2.45, 2.75) is 18.9 Å². The lowest BCUT2D eigenvalue weighted by atomic mass is 10.0. The summed E-state index contributed by atoms with van der Waals surface area (Å²) >= 11 is 6.04. The maximum atomic E-state index is 12.2. The van der Waals surface area contributed by atoms with Crippen molar-refractivity contribution in [3.05, 3.63) is 106 Å². The van der Waals surface area contributed by atoms with Crippen molar-refractivity contribution in [2.24, 2.45) is 0 Å². The van der Waals surface area contributed by atoms with Crippen LogP contribution in [-0.4, -0.2) is 30.6 Å². The lowest BCUT2D eigenvalue weighted by Gasteiger charge is -2.32. The van der Waals surface area contributed by atoms with Crippen LogP contribution in [0.15, 0.2) is 94.2 Å². The van der Waals surface area contributed by atoms with E-state index in [-0.39, 0.29) is 5.63 Å². The molecule has 1 fully saturated rings. The fraction of sp³-hybridized carbons (Fsp3) is 0.207. The molecule has 1 N–H and O–H groups in total. The molecule has 4 aromatic rings. The van der Waals surface area contributed by atoms with Crippen molar-refractivity contribution < 1.29 is 4.42 Å². The second kappa shape index (κ2) is 10.3. The van der Waals surface area contributed by atoms with E-state index in [2.05, 4.69) is 52.7 Å². The van der Waals surface area contributed by atoms with Gasteiger partial charge in [-0.2, -0.15) is 0 Å². The van der Waals surface area contributed by atoms with E-state index in [1.807, 2.05) is 42.5 Å². The van der Waals surface area contributed by atoms with E-state index < -0.39 is 0 Å². The van der Waals surface area contributed by atoms with Crippen LogP contribution >= 0.6 is 11.6 Å². The molecule has 1 aliphatic heterocycles. The van der Waals surface area contributed by atoms with Crippen LogP contribution in [0.5, 0.6) is 0 Å². The molecule has 0 saturated carbocycles. The van der Waals surface area contributed by atoms with Crippen molar-refractivity contribution in [2.75, 3.05) is 25.0 Å². The number of rotatable bonds is 6. The van der Waals surface area contributed by atoms with E-state index in [1.165, 1.54) is 5.56 Å². The van der Waals surface area contributed by atoms with Crippen LogP contribution in [0.1, 0.15) is 18.4 Å². The summed E-state index contributed by atoms with van der Waals surface area (Å²) < 4.78 is 5.47. The van der Waals surface area contributed by atoms with Crippen LogP contribution in [-0.2, 0) is 0 Å². The second-order valence-electron chi connectivity index (χ2n) is 8.73. The Kier molecular flexibility index (Phi) is 6.79. The number of halogens is 1. The van der Waals surface area contributed by atoms with E-state index in [9.17, 15) is 4.79 Å². The number of hydrogen-bond acceptors (Lipinski definition) is 4. The third-order valence-corrected chi connectivity index (χ3v) is 6.59. The first-order valence-corrected chi connectivity index (χ1v) is 12.1. The van der Waals surface area contributed by atoms with Gasteiger partial charge in [0.1, 0.15) is 5.58 Å². The Morgan fingerprint density at radius 2 is 1.68 bits per heavy atom. The maximum Gasteiger partial charge on any atom is 0.338 e. The Balaban J connectivity index is 1.27. The zero-order valence-electron chi connectivity index (χ0n) is 18.9. The second-order valence-corrected chi connectivity index (χ2v) is 9.17. The first-order valence-electron chi connectivity index (χ1n) is 11.7. The van der Waals surface area contributed by atoms with Gasteiger partial charge in [0.05, 0.1) is 5.69 Å². The molecule has 3 aromatic carbocycles. The van der Waals surface area contributed by atoms with Gasteiger partial charge in [0.25, 0.3) is 0 Å². The van der Waals surface area contributed by atoms with E-state index in [0.29, 0.717) is 16.6 Å². The molecule has 0 aliphatic carbocycles. The van der Waals surface area contributed by atoms with E-state index in [1.54, 1.807) is 6.07 Å². The fourth-order valence-corrected chi connectivity index (χ4v) is 4.61. The van der Waals surface area contributed by atoms with Gasteiger partial charge in [-0.05, 0) is 53.8 Å². The van der Waals surface area contributed by atoms with E-state index in [4.69, 9.17) is 16.0 Å². The molecule has 0 unspecified atom stereocenters. The molecule has 0 spiro atoms. The standard InChI is InChI=1S/C29H27ClN2O2/c30-24-11-8-22(9-12-24)23-10-13-28-26(19-23)27(20-29(33)34-28)31-25-14-17-32(18-15-25)16-4-7-21-5-2-1-3-6-21/h1-13,19-20,25,31H,14-18H2. The summed E-state index contributed by atoms with van der Waals surface area (Å²) in [6.07, 6.45) is 6.46.